The fraction of sp³-hybridized carbons (Fsp3) is 0.222. The van der Waals surface area contributed by atoms with Crippen molar-refractivity contribution in [3.63, 3.8) is 0 Å². The van der Waals surface area contributed by atoms with Gasteiger partial charge in [0, 0.05) is 24.1 Å². The van der Waals surface area contributed by atoms with Crippen LogP contribution in [-0.4, -0.2) is 29.1 Å². The smallest absolute Gasteiger partial charge is 0.241 e. The van der Waals surface area contributed by atoms with Crippen LogP contribution in [0.3, 0.4) is 0 Å². The Kier molecular flexibility index (Phi) is 8.11. The van der Waals surface area contributed by atoms with Crippen LogP contribution in [0.5, 0.6) is 0 Å². The molecule has 10 heteroatoms. The largest absolute Gasteiger partial charge is 0.326 e. The molecule has 0 saturated carbocycles. The van der Waals surface area contributed by atoms with Crippen LogP contribution in [0, 0.1) is 13.8 Å². The maximum atomic E-state index is 13.1. The Morgan fingerprint density at radius 2 is 1.68 bits per heavy atom. The van der Waals surface area contributed by atoms with E-state index in [1.807, 2.05) is 41.8 Å². The molecule has 4 aromatic rings. The number of nitrogens with zero attached hydrogens (tertiary/aromatic N) is 3. The number of hydrogen-bond donors (Lipinski definition) is 2. The van der Waals surface area contributed by atoms with Gasteiger partial charge in [0.05, 0.1) is 10.9 Å². The Morgan fingerprint density at radius 1 is 0.973 bits per heavy atom. The van der Waals surface area contributed by atoms with E-state index in [2.05, 4.69) is 45.4 Å². The van der Waals surface area contributed by atoms with Gasteiger partial charge < -0.3 is 5.32 Å². The van der Waals surface area contributed by atoms with Crippen LogP contribution in [0.25, 0.3) is 5.69 Å². The molecule has 1 unspecified atom stereocenters. The van der Waals surface area contributed by atoms with Crippen LogP contribution in [-0.2, 0) is 20.6 Å². The molecule has 0 bridgehead atoms. The summed E-state index contributed by atoms with van der Waals surface area (Å²) < 4.78 is 30.9. The topological polar surface area (TPSA) is 106 Å². The zero-order chi connectivity index (χ0) is 26.6. The number of anilines is 1. The van der Waals surface area contributed by atoms with Crippen LogP contribution in [0.1, 0.15) is 42.4 Å². The molecule has 8 nitrogen and oxygen atoms in total. The molecule has 0 aliphatic carbocycles. The highest BCUT2D eigenvalue weighted by Gasteiger charge is 2.25. The van der Waals surface area contributed by atoms with Crippen molar-refractivity contribution in [1.29, 1.82) is 0 Å². The van der Waals surface area contributed by atoms with Crippen molar-refractivity contribution in [3.8, 4) is 5.69 Å². The lowest BCUT2D eigenvalue weighted by atomic mass is 10.2. The normalized spacial score (nSPS) is 12.3. The molecule has 0 radical (unpaired) electrons. The molecule has 2 N–H and O–H groups in total. The summed E-state index contributed by atoms with van der Waals surface area (Å²) in [5.41, 5.74) is 4.84. The zero-order valence-corrected chi connectivity index (χ0v) is 22.7. The van der Waals surface area contributed by atoms with Gasteiger partial charge in [-0.05, 0) is 62.7 Å². The van der Waals surface area contributed by atoms with Gasteiger partial charge >= 0.3 is 0 Å². The highest BCUT2D eigenvalue weighted by atomic mass is 32.2. The second kappa shape index (κ2) is 11.3. The summed E-state index contributed by atoms with van der Waals surface area (Å²) in [5, 5.41) is 12.1. The van der Waals surface area contributed by atoms with E-state index in [9.17, 15) is 13.2 Å². The fourth-order valence-electron chi connectivity index (χ4n) is 3.82. The monoisotopic (exact) mass is 535 g/mol. The number of sulfonamides is 1. The number of aromatic nitrogens is 3. The average Bonchev–Trinajstić information content (AvgIpc) is 3.27. The lowest BCUT2D eigenvalue weighted by Crippen LogP contribution is -2.28. The van der Waals surface area contributed by atoms with Crippen molar-refractivity contribution >= 4 is 33.4 Å². The average molecular weight is 536 g/mol. The second-order valence-corrected chi connectivity index (χ2v) is 11.5. The summed E-state index contributed by atoms with van der Waals surface area (Å²) >= 11 is 1.54. The summed E-state index contributed by atoms with van der Waals surface area (Å²) in [4.78, 5) is 11.3. The quantitative estimate of drug-likeness (QED) is 0.286. The van der Waals surface area contributed by atoms with Crippen LogP contribution in [0.2, 0.25) is 0 Å². The number of carbonyl (C=O) groups excluding carboxylic acids is 1. The van der Waals surface area contributed by atoms with Crippen molar-refractivity contribution < 1.29 is 13.2 Å². The van der Waals surface area contributed by atoms with Gasteiger partial charge in [-0.2, -0.15) is 0 Å². The maximum Gasteiger partial charge on any atom is 0.241 e. The van der Waals surface area contributed by atoms with E-state index in [0.29, 0.717) is 22.4 Å². The molecular weight excluding hydrogens is 506 g/mol. The van der Waals surface area contributed by atoms with E-state index >= 15 is 0 Å². The molecule has 37 heavy (non-hydrogen) atoms. The molecule has 3 aromatic carbocycles. The Hall–Kier alpha value is -3.47. The summed E-state index contributed by atoms with van der Waals surface area (Å²) in [6.07, 6.45) is 0. The minimum absolute atomic E-state index is 0.0869. The molecule has 1 atom stereocenters. The van der Waals surface area contributed by atoms with Gasteiger partial charge in [-0.3, -0.25) is 9.36 Å². The first-order chi connectivity index (χ1) is 17.6. The van der Waals surface area contributed by atoms with Crippen LogP contribution in [0.4, 0.5) is 5.69 Å². The molecule has 1 aromatic heterocycles. The van der Waals surface area contributed by atoms with Crippen LogP contribution >= 0.6 is 11.8 Å². The summed E-state index contributed by atoms with van der Waals surface area (Å²) in [5.74, 6) is 0.954. The van der Waals surface area contributed by atoms with Gasteiger partial charge in [0.1, 0.15) is 0 Å². The standard InChI is InChI=1S/C27H29N5O3S2/c1-18-8-12-24(13-9-18)32-26(29-30-27(32)36-17-22-7-5-6-19(2)16-22)20(3)31-37(34,35)25-14-10-23(11-15-25)28-21(4)33/h5-16,20,31H,17H2,1-4H3,(H,28,33). The van der Waals surface area contributed by atoms with Gasteiger partial charge in [-0.25, -0.2) is 13.1 Å². The van der Waals surface area contributed by atoms with Gasteiger partial charge in [0.2, 0.25) is 15.9 Å². The lowest BCUT2D eigenvalue weighted by molar-refractivity contribution is -0.114. The molecule has 0 spiro atoms. The number of benzene rings is 3. The van der Waals surface area contributed by atoms with Gasteiger partial charge in [0.15, 0.2) is 11.0 Å². The van der Waals surface area contributed by atoms with E-state index in [-0.39, 0.29) is 10.8 Å². The molecule has 1 heterocycles. The first-order valence-corrected chi connectivity index (χ1v) is 14.2. The first-order valence-electron chi connectivity index (χ1n) is 11.7. The van der Waals surface area contributed by atoms with E-state index in [1.165, 1.54) is 30.2 Å². The fourth-order valence-corrected chi connectivity index (χ4v) is 5.92. The van der Waals surface area contributed by atoms with Crippen molar-refractivity contribution in [2.24, 2.45) is 0 Å². The van der Waals surface area contributed by atoms with Crippen LogP contribution in [0.15, 0.2) is 82.8 Å². The first kappa shape index (κ1) is 26.6. The van der Waals surface area contributed by atoms with Gasteiger partial charge in [-0.1, -0.05) is 59.3 Å². The predicted molar refractivity (Wildman–Crippen MR) is 146 cm³/mol. The molecule has 4 rings (SSSR count). The zero-order valence-electron chi connectivity index (χ0n) is 21.1. The number of hydrogen-bond acceptors (Lipinski definition) is 6. The van der Waals surface area contributed by atoms with E-state index in [0.717, 1.165) is 11.3 Å². The molecule has 192 valence electrons. The summed E-state index contributed by atoms with van der Waals surface area (Å²) in [6.45, 7) is 7.21. The number of rotatable bonds is 9. The Labute approximate surface area is 221 Å². The third-order valence-corrected chi connectivity index (χ3v) is 8.16. The minimum Gasteiger partial charge on any atom is -0.326 e. The van der Waals surface area contributed by atoms with Gasteiger partial charge in [0.25, 0.3) is 0 Å². The van der Waals surface area contributed by atoms with Crippen molar-refractivity contribution in [2.45, 2.75) is 49.5 Å². The van der Waals surface area contributed by atoms with Crippen molar-refractivity contribution in [3.05, 3.63) is 95.3 Å². The number of nitrogens with one attached hydrogen (secondary N) is 2. The second-order valence-electron chi connectivity index (χ2n) is 8.84. The van der Waals surface area contributed by atoms with E-state index in [1.54, 1.807) is 30.8 Å². The molecule has 0 aliphatic rings. The molecule has 0 saturated heterocycles. The Balaban J connectivity index is 1.61. The summed E-state index contributed by atoms with van der Waals surface area (Å²) in [6, 6.07) is 21.6. The van der Waals surface area contributed by atoms with Crippen LogP contribution < -0.4 is 10.0 Å². The molecule has 0 aliphatic heterocycles. The maximum absolute atomic E-state index is 13.1. The predicted octanol–water partition coefficient (Wildman–Crippen LogP) is 5.17. The molecule has 1 amide bonds. The van der Waals surface area contributed by atoms with E-state index < -0.39 is 16.1 Å². The Bertz CT molecular complexity index is 1500. The van der Waals surface area contributed by atoms with E-state index in [4.69, 9.17) is 0 Å². The molecular formula is C27H29N5O3S2. The highest BCUT2D eigenvalue weighted by Crippen LogP contribution is 2.29. The minimum atomic E-state index is -3.86. The SMILES string of the molecule is CC(=O)Nc1ccc(S(=O)(=O)NC(C)c2nnc(SCc3cccc(C)c3)n2-c2ccc(C)cc2)cc1. The Morgan fingerprint density at radius 3 is 2.32 bits per heavy atom. The van der Waals surface area contributed by atoms with Crippen molar-refractivity contribution in [1.82, 2.24) is 19.5 Å². The third-order valence-electron chi connectivity index (χ3n) is 5.61. The third kappa shape index (κ3) is 6.65. The van der Waals surface area contributed by atoms with Crippen molar-refractivity contribution in [2.75, 3.05) is 5.32 Å². The number of carbonyl (C=O) groups is 1. The van der Waals surface area contributed by atoms with Gasteiger partial charge in [-0.15, -0.1) is 10.2 Å². The lowest BCUT2D eigenvalue weighted by Gasteiger charge is -2.17. The highest BCUT2D eigenvalue weighted by molar-refractivity contribution is 7.98. The number of thioether (sulfide) groups is 1. The molecule has 0 fully saturated rings. The summed E-state index contributed by atoms with van der Waals surface area (Å²) in [7, 11) is -3.86. The number of amides is 1. The number of aryl methyl sites for hydroxylation is 2.